The molecule has 0 heterocycles. The van der Waals surface area contributed by atoms with Crippen molar-refractivity contribution in [2.45, 2.75) is 50.8 Å². The third kappa shape index (κ3) is 5.03. The predicted octanol–water partition coefficient (Wildman–Crippen LogP) is 1.60. The molecule has 0 aromatic carbocycles. The van der Waals surface area contributed by atoms with Gasteiger partial charge in [-0.05, 0) is 39.4 Å². The highest BCUT2D eigenvalue weighted by atomic mass is 32.2. The molecule has 0 bridgehead atoms. The second-order valence-corrected chi connectivity index (χ2v) is 6.89. The second kappa shape index (κ2) is 6.97. The Bertz CT molecular complexity index is 398. The molecule has 1 aliphatic carbocycles. The van der Waals surface area contributed by atoms with E-state index in [0.717, 1.165) is 19.3 Å². The maximum atomic E-state index is 11.7. The van der Waals surface area contributed by atoms with Crippen molar-refractivity contribution < 1.29 is 19.5 Å². The first-order chi connectivity index (χ1) is 9.24. The number of hydrogen-bond acceptors (Lipinski definition) is 4. The largest absolute Gasteiger partial charge is 0.481 e. The fourth-order valence-corrected chi connectivity index (χ4v) is 2.95. The Kier molecular flexibility index (Phi) is 5.86. The molecule has 2 unspecified atom stereocenters. The van der Waals surface area contributed by atoms with E-state index < -0.39 is 23.3 Å². The van der Waals surface area contributed by atoms with Crippen LogP contribution in [0.5, 0.6) is 0 Å². The van der Waals surface area contributed by atoms with Gasteiger partial charge >= 0.3 is 12.0 Å². The number of carbonyl (C=O) groups excluding carboxylic acids is 2. The van der Waals surface area contributed by atoms with Gasteiger partial charge in [0.1, 0.15) is 0 Å². The minimum absolute atomic E-state index is 0.0905. The van der Waals surface area contributed by atoms with E-state index in [1.165, 1.54) is 13.8 Å². The van der Waals surface area contributed by atoms with Crippen LogP contribution in [0.2, 0.25) is 0 Å². The lowest BCUT2D eigenvalue weighted by Crippen LogP contribution is -2.45. The fraction of sp³-hybridized carbons (Fsp3) is 0.769. The Balaban J connectivity index is 2.36. The van der Waals surface area contributed by atoms with Gasteiger partial charge in [0.2, 0.25) is 5.91 Å². The molecule has 3 amide bonds. The lowest BCUT2D eigenvalue weighted by atomic mass is 9.89. The molecule has 1 fully saturated rings. The summed E-state index contributed by atoms with van der Waals surface area (Å²) in [5.74, 6) is -1.64. The topological polar surface area (TPSA) is 95.5 Å². The average Bonchev–Trinajstić information content (AvgIpc) is 2.75. The van der Waals surface area contributed by atoms with E-state index in [-0.39, 0.29) is 12.5 Å². The highest BCUT2D eigenvalue weighted by Crippen LogP contribution is 2.28. The van der Waals surface area contributed by atoms with Crippen molar-refractivity contribution in [3.05, 3.63) is 0 Å². The van der Waals surface area contributed by atoms with Gasteiger partial charge in [0.25, 0.3) is 0 Å². The molecule has 0 aromatic heterocycles. The van der Waals surface area contributed by atoms with E-state index in [1.807, 2.05) is 6.26 Å². The Labute approximate surface area is 123 Å². The Morgan fingerprint density at radius 2 is 1.95 bits per heavy atom. The minimum atomic E-state index is -1.18. The Morgan fingerprint density at radius 3 is 2.45 bits per heavy atom. The van der Waals surface area contributed by atoms with Crippen molar-refractivity contribution in [2.75, 3.05) is 6.26 Å². The van der Waals surface area contributed by atoms with Crippen LogP contribution in [-0.4, -0.2) is 40.6 Å². The molecule has 0 spiro atoms. The van der Waals surface area contributed by atoms with Crippen molar-refractivity contribution in [1.82, 2.24) is 10.6 Å². The summed E-state index contributed by atoms with van der Waals surface area (Å²) in [6.45, 7) is 2.90. The summed E-state index contributed by atoms with van der Waals surface area (Å²) in [6, 6.07) is -0.448. The van der Waals surface area contributed by atoms with Crippen molar-refractivity contribution in [3.8, 4) is 0 Å². The van der Waals surface area contributed by atoms with E-state index >= 15 is 0 Å². The molecule has 0 aromatic rings. The molecule has 0 saturated heterocycles. The van der Waals surface area contributed by atoms with Gasteiger partial charge in [-0.3, -0.25) is 14.9 Å². The van der Waals surface area contributed by atoms with Gasteiger partial charge in [-0.15, -0.1) is 0 Å². The average molecular weight is 302 g/mol. The quantitative estimate of drug-likeness (QED) is 0.717. The number of urea groups is 1. The standard InChI is InChI=1S/C13H22N2O4S/c1-13(2,11(17)18)7-10(16)15-12(19)14-8-4-5-9(6-8)20-3/h8-9H,4-7H2,1-3H3,(H,17,18)(H2,14,15,16,19). The normalized spacial score (nSPS) is 22.4. The summed E-state index contributed by atoms with van der Waals surface area (Å²) in [4.78, 5) is 34.2. The lowest BCUT2D eigenvalue weighted by Gasteiger charge is -2.18. The fourth-order valence-electron chi connectivity index (χ4n) is 2.15. The molecule has 6 nitrogen and oxygen atoms in total. The number of carbonyl (C=O) groups is 3. The predicted molar refractivity (Wildman–Crippen MR) is 77.7 cm³/mol. The van der Waals surface area contributed by atoms with Gasteiger partial charge in [-0.1, -0.05) is 0 Å². The van der Waals surface area contributed by atoms with Gasteiger partial charge < -0.3 is 10.4 Å². The SMILES string of the molecule is CSC1CCC(NC(=O)NC(=O)CC(C)(C)C(=O)O)C1. The summed E-state index contributed by atoms with van der Waals surface area (Å²) >= 11 is 1.78. The van der Waals surface area contributed by atoms with Crippen LogP contribution < -0.4 is 10.6 Å². The van der Waals surface area contributed by atoms with E-state index in [2.05, 4.69) is 10.6 Å². The summed E-state index contributed by atoms with van der Waals surface area (Å²) in [7, 11) is 0. The van der Waals surface area contributed by atoms with E-state index in [1.54, 1.807) is 11.8 Å². The molecule has 1 saturated carbocycles. The van der Waals surface area contributed by atoms with Crippen molar-refractivity contribution in [3.63, 3.8) is 0 Å². The first-order valence-corrected chi connectivity index (χ1v) is 7.90. The molecular formula is C13H22N2O4S. The van der Waals surface area contributed by atoms with Crippen LogP contribution in [0.4, 0.5) is 4.79 Å². The highest BCUT2D eigenvalue weighted by Gasteiger charge is 2.31. The molecule has 20 heavy (non-hydrogen) atoms. The molecule has 0 radical (unpaired) electrons. The molecule has 7 heteroatoms. The zero-order valence-corrected chi connectivity index (χ0v) is 12.9. The smallest absolute Gasteiger partial charge is 0.321 e. The number of carboxylic acid groups (broad SMARTS) is 1. The van der Waals surface area contributed by atoms with Gasteiger partial charge in [-0.2, -0.15) is 11.8 Å². The van der Waals surface area contributed by atoms with Gasteiger partial charge in [-0.25, -0.2) is 4.79 Å². The van der Waals surface area contributed by atoms with E-state index in [0.29, 0.717) is 5.25 Å². The molecule has 1 aliphatic rings. The number of imide groups is 1. The Hall–Kier alpha value is -1.24. The number of hydrogen-bond donors (Lipinski definition) is 3. The third-order valence-electron chi connectivity index (χ3n) is 3.49. The molecule has 0 aliphatic heterocycles. The summed E-state index contributed by atoms with van der Waals surface area (Å²) < 4.78 is 0. The zero-order chi connectivity index (χ0) is 15.3. The first-order valence-electron chi connectivity index (χ1n) is 6.61. The van der Waals surface area contributed by atoms with Gasteiger partial charge in [0, 0.05) is 17.7 Å². The first kappa shape index (κ1) is 16.8. The Morgan fingerprint density at radius 1 is 1.30 bits per heavy atom. The van der Waals surface area contributed by atoms with Crippen LogP contribution in [0, 0.1) is 5.41 Å². The summed E-state index contributed by atoms with van der Waals surface area (Å²) in [5.41, 5.74) is -1.18. The van der Waals surface area contributed by atoms with Crippen LogP contribution in [0.15, 0.2) is 0 Å². The number of aliphatic carboxylic acids is 1. The maximum absolute atomic E-state index is 11.7. The van der Waals surface area contributed by atoms with Crippen LogP contribution in [-0.2, 0) is 9.59 Å². The van der Waals surface area contributed by atoms with Crippen LogP contribution >= 0.6 is 11.8 Å². The minimum Gasteiger partial charge on any atom is -0.481 e. The molecule has 1 rings (SSSR count). The highest BCUT2D eigenvalue weighted by molar-refractivity contribution is 7.99. The molecular weight excluding hydrogens is 280 g/mol. The second-order valence-electron chi connectivity index (χ2n) is 5.76. The van der Waals surface area contributed by atoms with Crippen LogP contribution in [0.3, 0.4) is 0 Å². The van der Waals surface area contributed by atoms with Crippen LogP contribution in [0.25, 0.3) is 0 Å². The zero-order valence-electron chi connectivity index (χ0n) is 12.1. The number of thioether (sulfide) groups is 1. The third-order valence-corrected chi connectivity index (χ3v) is 4.58. The van der Waals surface area contributed by atoms with Crippen molar-refractivity contribution in [2.24, 2.45) is 5.41 Å². The number of nitrogens with one attached hydrogen (secondary N) is 2. The molecule has 2 atom stereocenters. The van der Waals surface area contributed by atoms with Crippen molar-refractivity contribution >= 4 is 29.7 Å². The van der Waals surface area contributed by atoms with Crippen molar-refractivity contribution in [1.29, 1.82) is 0 Å². The molecule has 114 valence electrons. The van der Waals surface area contributed by atoms with Gasteiger partial charge in [0.15, 0.2) is 0 Å². The number of rotatable bonds is 5. The van der Waals surface area contributed by atoms with Crippen LogP contribution in [0.1, 0.15) is 39.5 Å². The monoisotopic (exact) mass is 302 g/mol. The number of amides is 3. The number of carboxylic acids is 1. The lowest BCUT2D eigenvalue weighted by molar-refractivity contribution is -0.149. The van der Waals surface area contributed by atoms with Gasteiger partial charge in [0.05, 0.1) is 5.41 Å². The summed E-state index contributed by atoms with van der Waals surface area (Å²) in [5, 5.41) is 14.4. The van der Waals surface area contributed by atoms with E-state index in [9.17, 15) is 14.4 Å². The maximum Gasteiger partial charge on any atom is 0.321 e. The van der Waals surface area contributed by atoms with E-state index in [4.69, 9.17) is 5.11 Å². The summed E-state index contributed by atoms with van der Waals surface area (Å²) in [6.07, 6.45) is 4.70. The molecule has 3 N–H and O–H groups in total.